The number of carbonyl (C=O) groups excluding carboxylic acids is 1. The van der Waals surface area contributed by atoms with Crippen molar-refractivity contribution in [1.29, 1.82) is 0 Å². The van der Waals surface area contributed by atoms with Gasteiger partial charge in [0.2, 0.25) is 5.09 Å². The Morgan fingerprint density at radius 1 is 1.22 bits per heavy atom. The van der Waals surface area contributed by atoms with Gasteiger partial charge < -0.3 is 19.6 Å². The highest BCUT2D eigenvalue weighted by Crippen LogP contribution is 2.28. The van der Waals surface area contributed by atoms with Crippen molar-refractivity contribution in [1.82, 2.24) is 4.72 Å². The van der Waals surface area contributed by atoms with Crippen LogP contribution < -0.4 is 14.8 Å². The van der Waals surface area contributed by atoms with E-state index in [1.54, 1.807) is 13.8 Å². The minimum Gasteiger partial charge on any atom is -0.489 e. The lowest BCUT2D eigenvalue weighted by molar-refractivity contribution is 0.0696. The van der Waals surface area contributed by atoms with E-state index in [-0.39, 0.29) is 34.4 Å². The van der Waals surface area contributed by atoms with E-state index in [1.165, 1.54) is 32.2 Å². The predicted octanol–water partition coefficient (Wildman–Crippen LogP) is 2.23. The number of anilines is 1. The van der Waals surface area contributed by atoms with Crippen LogP contribution in [-0.2, 0) is 10.0 Å². The molecule has 0 saturated carbocycles. The minimum atomic E-state index is -3.85. The zero-order valence-corrected chi connectivity index (χ0v) is 16.0. The van der Waals surface area contributed by atoms with Gasteiger partial charge >= 0.3 is 5.97 Å². The Hall–Kier alpha value is -2.85. The van der Waals surface area contributed by atoms with Gasteiger partial charge in [0.25, 0.3) is 15.9 Å². The zero-order chi connectivity index (χ0) is 20.4. The number of hydrogen-bond acceptors (Lipinski definition) is 6. The SMILES string of the molecule is CNS(=O)(=O)c1cc(C(=O)Nc2cc(C(=O)O)ccc2OC(C)C)c(C)o1. The quantitative estimate of drug-likeness (QED) is 0.653. The molecule has 27 heavy (non-hydrogen) atoms. The third kappa shape index (κ3) is 4.66. The molecule has 1 heterocycles. The molecule has 146 valence electrons. The normalized spacial score (nSPS) is 11.4. The number of ether oxygens (including phenoxy) is 1. The van der Waals surface area contributed by atoms with Crippen molar-refractivity contribution in [2.75, 3.05) is 12.4 Å². The number of carbonyl (C=O) groups is 2. The van der Waals surface area contributed by atoms with Gasteiger partial charge in [0.15, 0.2) is 0 Å². The van der Waals surface area contributed by atoms with Crippen LogP contribution >= 0.6 is 0 Å². The molecule has 0 aliphatic carbocycles. The molecule has 0 bridgehead atoms. The van der Waals surface area contributed by atoms with E-state index in [0.29, 0.717) is 0 Å². The monoisotopic (exact) mass is 396 g/mol. The highest BCUT2D eigenvalue weighted by Gasteiger charge is 2.23. The first kappa shape index (κ1) is 20.5. The molecule has 0 aliphatic rings. The van der Waals surface area contributed by atoms with Crippen LogP contribution in [0, 0.1) is 6.92 Å². The first-order chi connectivity index (χ1) is 12.5. The Morgan fingerprint density at radius 3 is 2.44 bits per heavy atom. The summed E-state index contributed by atoms with van der Waals surface area (Å²) < 4.78 is 36.5. The van der Waals surface area contributed by atoms with Gasteiger partial charge in [-0.3, -0.25) is 4.79 Å². The van der Waals surface area contributed by atoms with Gasteiger partial charge in [-0.1, -0.05) is 0 Å². The number of carboxylic acid groups (broad SMARTS) is 1. The average molecular weight is 396 g/mol. The van der Waals surface area contributed by atoms with Crippen molar-refractivity contribution in [3.8, 4) is 5.75 Å². The molecule has 0 spiro atoms. The second kappa shape index (κ2) is 7.80. The maximum absolute atomic E-state index is 12.6. The molecular weight excluding hydrogens is 376 g/mol. The van der Waals surface area contributed by atoms with Crippen LogP contribution in [0.15, 0.2) is 33.8 Å². The minimum absolute atomic E-state index is 0.0000463. The van der Waals surface area contributed by atoms with Gasteiger partial charge in [-0.2, -0.15) is 0 Å². The average Bonchev–Trinajstić information content (AvgIpc) is 2.98. The molecule has 0 saturated heterocycles. The fourth-order valence-corrected chi connectivity index (χ4v) is 2.93. The summed E-state index contributed by atoms with van der Waals surface area (Å²) in [6.45, 7) is 5.01. The second-order valence-electron chi connectivity index (χ2n) is 5.88. The maximum Gasteiger partial charge on any atom is 0.335 e. The van der Waals surface area contributed by atoms with E-state index in [2.05, 4.69) is 10.0 Å². The number of hydrogen-bond donors (Lipinski definition) is 3. The summed E-state index contributed by atoms with van der Waals surface area (Å²) in [4.78, 5) is 23.8. The molecule has 0 fully saturated rings. The molecule has 10 heteroatoms. The third-order valence-corrected chi connectivity index (χ3v) is 4.78. The number of carboxylic acids is 1. The van der Waals surface area contributed by atoms with Gasteiger partial charge in [0.1, 0.15) is 11.5 Å². The fraction of sp³-hybridized carbons (Fsp3) is 0.294. The summed E-state index contributed by atoms with van der Waals surface area (Å²) in [6, 6.07) is 5.16. The molecule has 2 aromatic rings. The predicted molar refractivity (Wildman–Crippen MR) is 96.8 cm³/mol. The molecule has 0 atom stereocenters. The highest BCUT2D eigenvalue weighted by atomic mass is 32.2. The molecule has 2 rings (SSSR count). The van der Waals surface area contributed by atoms with E-state index in [9.17, 15) is 18.0 Å². The van der Waals surface area contributed by atoms with E-state index in [0.717, 1.165) is 6.07 Å². The van der Waals surface area contributed by atoms with Crippen molar-refractivity contribution in [2.24, 2.45) is 0 Å². The first-order valence-corrected chi connectivity index (χ1v) is 9.42. The van der Waals surface area contributed by atoms with E-state index < -0.39 is 27.0 Å². The molecule has 1 amide bonds. The van der Waals surface area contributed by atoms with E-state index in [1.807, 2.05) is 0 Å². The lowest BCUT2D eigenvalue weighted by Gasteiger charge is -2.15. The molecule has 9 nitrogen and oxygen atoms in total. The van der Waals surface area contributed by atoms with Gasteiger partial charge in [-0.15, -0.1) is 0 Å². The Balaban J connectivity index is 2.40. The van der Waals surface area contributed by atoms with Gasteiger partial charge in [0, 0.05) is 6.07 Å². The molecule has 0 radical (unpaired) electrons. The van der Waals surface area contributed by atoms with Crippen molar-refractivity contribution < 1.29 is 32.3 Å². The summed E-state index contributed by atoms with van der Waals surface area (Å²) in [5.41, 5.74) is 0.107. The van der Waals surface area contributed by atoms with Gasteiger partial charge in [-0.25, -0.2) is 17.9 Å². The Kier molecular flexibility index (Phi) is 5.91. The number of nitrogens with one attached hydrogen (secondary N) is 2. The molecule has 0 aliphatic heterocycles. The number of furan rings is 1. The van der Waals surface area contributed by atoms with E-state index >= 15 is 0 Å². The standard InChI is InChI=1S/C17H20N2O7S/c1-9(2)25-14-6-5-11(17(21)22)7-13(14)19-16(20)12-8-15(26-10(12)3)27(23,24)18-4/h5-9,18H,1-4H3,(H,19,20)(H,21,22). The summed E-state index contributed by atoms with van der Waals surface area (Å²) in [6.07, 6.45) is -0.209. The molecule has 1 aromatic heterocycles. The first-order valence-electron chi connectivity index (χ1n) is 7.94. The number of sulfonamides is 1. The largest absolute Gasteiger partial charge is 0.489 e. The summed E-state index contributed by atoms with van der Waals surface area (Å²) in [5.74, 6) is -1.44. The Labute approximate surface area is 156 Å². The van der Waals surface area contributed by atoms with Gasteiger partial charge in [-0.05, 0) is 46.0 Å². The number of rotatable bonds is 7. The zero-order valence-electron chi connectivity index (χ0n) is 15.2. The van der Waals surface area contributed by atoms with Crippen LogP contribution in [0.3, 0.4) is 0 Å². The lowest BCUT2D eigenvalue weighted by Crippen LogP contribution is -2.18. The van der Waals surface area contributed by atoms with Crippen LogP contribution in [0.2, 0.25) is 0 Å². The highest BCUT2D eigenvalue weighted by molar-refractivity contribution is 7.89. The van der Waals surface area contributed by atoms with Crippen molar-refractivity contribution >= 4 is 27.6 Å². The molecular formula is C17H20N2O7S. The Bertz CT molecular complexity index is 977. The number of aryl methyl sites for hydroxylation is 1. The van der Waals surface area contributed by atoms with Crippen LogP contribution in [0.4, 0.5) is 5.69 Å². The van der Waals surface area contributed by atoms with Crippen molar-refractivity contribution in [2.45, 2.75) is 32.0 Å². The van der Waals surface area contributed by atoms with Gasteiger partial charge in [0.05, 0.1) is 22.9 Å². The summed E-state index contributed by atoms with van der Waals surface area (Å²) >= 11 is 0. The van der Waals surface area contributed by atoms with Crippen molar-refractivity contribution in [3.63, 3.8) is 0 Å². The summed E-state index contributed by atoms with van der Waals surface area (Å²) in [5, 5.41) is 11.3. The second-order valence-corrected chi connectivity index (χ2v) is 7.70. The van der Waals surface area contributed by atoms with Crippen LogP contribution in [-0.4, -0.2) is 38.6 Å². The molecule has 1 aromatic carbocycles. The topological polar surface area (TPSA) is 135 Å². The van der Waals surface area contributed by atoms with Crippen LogP contribution in [0.5, 0.6) is 5.75 Å². The fourth-order valence-electron chi connectivity index (χ4n) is 2.22. The summed E-state index contributed by atoms with van der Waals surface area (Å²) in [7, 11) is -2.63. The van der Waals surface area contributed by atoms with E-state index in [4.69, 9.17) is 14.3 Å². The number of aromatic carboxylic acids is 1. The third-order valence-electron chi connectivity index (χ3n) is 3.51. The van der Waals surface area contributed by atoms with Crippen LogP contribution in [0.25, 0.3) is 0 Å². The van der Waals surface area contributed by atoms with Crippen LogP contribution in [0.1, 0.15) is 40.3 Å². The Morgan fingerprint density at radius 2 is 1.89 bits per heavy atom. The van der Waals surface area contributed by atoms with Crippen molar-refractivity contribution in [3.05, 3.63) is 41.2 Å². The lowest BCUT2D eigenvalue weighted by atomic mass is 10.1. The molecule has 3 N–H and O–H groups in total. The number of amides is 1. The number of benzene rings is 1. The smallest absolute Gasteiger partial charge is 0.335 e. The molecule has 0 unspecified atom stereocenters. The maximum atomic E-state index is 12.6.